The number of benzene rings is 1. The molecule has 134 valence electrons. The molecule has 1 aromatic carbocycles. The van der Waals surface area contributed by atoms with E-state index in [1.807, 2.05) is 0 Å². The van der Waals surface area contributed by atoms with E-state index in [0.29, 0.717) is 21.7 Å². The van der Waals surface area contributed by atoms with Gasteiger partial charge in [-0.25, -0.2) is 4.98 Å². The van der Waals surface area contributed by atoms with Gasteiger partial charge in [0.2, 0.25) is 0 Å². The highest BCUT2D eigenvalue weighted by molar-refractivity contribution is 7.99. The Balaban J connectivity index is 1.57. The van der Waals surface area contributed by atoms with Crippen LogP contribution in [0.3, 0.4) is 0 Å². The lowest BCUT2D eigenvalue weighted by atomic mass is 9.89. The molecule has 0 bridgehead atoms. The summed E-state index contributed by atoms with van der Waals surface area (Å²) in [7, 11) is 0. The number of ketones is 1. The number of Topliss-reactive ketones (excluding diaryl/α,β-unsaturated/α-hetero) is 1. The van der Waals surface area contributed by atoms with Crippen molar-refractivity contribution in [1.82, 2.24) is 9.97 Å². The molecule has 4 nitrogen and oxygen atoms in total. The van der Waals surface area contributed by atoms with Crippen LogP contribution in [0.2, 0.25) is 5.02 Å². The molecule has 1 aliphatic rings. The Morgan fingerprint density at radius 1 is 1.38 bits per heavy atom. The highest BCUT2D eigenvalue weighted by Gasteiger charge is 2.23. The summed E-state index contributed by atoms with van der Waals surface area (Å²) < 4.78 is 0. The minimum atomic E-state index is -0.0940. The number of aromatic amines is 1. The number of nitrogens with zero attached hydrogens (tertiary/aromatic N) is 1. The van der Waals surface area contributed by atoms with Crippen LogP contribution < -0.4 is 5.56 Å². The number of hydrogen-bond acceptors (Lipinski definition) is 5. The lowest BCUT2D eigenvalue weighted by molar-refractivity contribution is 0.102. The van der Waals surface area contributed by atoms with Gasteiger partial charge in [0.15, 0.2) is 10.9 Å². The van der Waals surface area contributed by atoms with Crippen molar-refractivity contribution in [3.63, 3.8) is 0 Å². The number of thiophene rings is 1. The van der Waals surface area contributed by atoms with Crippen molar-refractivity contribution in [2.75, 3.05) is 5.75 Å². The molecule has 0 spiro atoms. The highest BCUT2D eigenvalue weighted by Crippen LogP contribution is 2.36. The zero-order valence-corrected chi connectivity index (χ0v) is 16.6. The highest BCUT2D eigenvalue weighted by atomic mass is 35.5. The smallest absolute Gasteiger partial charge is 0.260 e. The van der Waals surface area contributed by atoms with E-state index in [4.69, 9.17) is 11.6 Å². The monoisotopic (exact) mass is 404 g/mol. The fourth-order valence-electron chi connectivity index (χ4n) is 3.25. The Hall–Kier alpha value is -1.63. The molecule has 0 radical (unpaired) electrons. The molecule has 2 aromatic heterocycles. The van der Waals surface area contributed by atoms with Crippen molar-refractivity contribution in [3.05, 3.63) is 55.6 Å². The second-order valence-electron chi connectivity index (χ2n) is 6.62. The minimum absolute atomic E-state index is 0.0197. The Morgan fingerprint density at radius 2 is 2.15 bits per heavy atom. The van der Waals surface area contributed by atoms with Gasteiger partial charge in [0.05, 0.1) is 11.1 Å². The molecule has 0 saturated heterocycles. The third kappa shape index (κ3) is 3.46. The molecule has 3 aromatic rings. The van der Waals surface area contributed by atoms with Crippen molar-refractivity contribution in [2.45, 2.75) is 31.3 Å². The number of aromatic nitrogens is 2. The number of hydrogen-bond donors (Lipinski definition) is 1. The van der Waals surface area contributed by atoms with E-state index in [0.717, 1.165) is 29.5 Å². The quantitative estimate of drug-likeness (QED) is 0.387. The standard InChI is InChI=1S/C19H17ClN2O2S2/c1-10-2-7-13-15(8-10)26-18-16(13)17(24)21-19(22-18)25-9-14(23)11-3-5-12(20)6-4-11/h3-6,10H,2,7-9H2,1H3,(H,21,22,24)/t10-/m0/s1. The van der Waals surface area contributed by atoms with Gasteiger partial charge in [-0.3, -0.25) is 9.59 Å². The van der Waals surface area contributed by atoms with Crippen LogP contribution in [-0.2, 0) is 12.8 Å². The molecule has 2 heterocycles. The fraction of sp³-hybridized carbons (Fsp3) is 0.316. The summed E-state index contributed by atoms with van der Waals surface area (Å²) >= 11 is 8.73. The number of rotatable bonds is 4. The summed E-state index contributed by atoms with van der Waals surface area (Å²) in [6.07, 6.45) is 3.08. The molecule has 1 aliphatic carbocycles. The third-order valence-corrected chi connectivity index (χ3v) is 6.92. The molecule has 0 amide bonds. The van der Waals surface area contributed by atoms with E-state index in [1.165, 1.54) is 22.2 Å². The van der Waals surface area contributed by atoms with E-state index in [1.54, 1.807) is 35.6 Å². The SMILES string of the molecule is C[C@H]1CCc2c(sc3nc(SCC(=O)c4ccc(Cl)cc4)[nH]c(=O)c23)C1. The summed E-state index contributed by atoms with van der Waals surface area (Å²) in [5.41, 5.74) is 1.68. The first-order chi connectivity index (χ1) is 12.5. The zero-order chi connectivity index (χ0) is 18.3. The summed E-state index contributed by atoms with van der Waals surface area (Å²) in [4.78, 5) is 34.4. The van der Waals surface area contributed by atoms with Crippen LogP contribution in [0, 0.1) is 5.92 Å². The Labute approximate surface area is 164 Å². The van der Waals surface area contributed by atoms with E-state index in [-0.39, 0.29) is 17.1 Å². The topological polar surface area (TPSA) is 62.8 Å². The van der Waals surface area contributed by atoms with Gasteiger partial charge in [-0.15, -0.1) is 11.3 Å². The molecule has 0 fully saturated rings. The first-order valence-electron chi connectivity index (χ1n) is 8.47. The third-order valence-electron chi connectivity index (χ3n) is 4.65. The lowest BCUT2D eigenvalue weighted by Gasteiger charge is -2.17. The molecule has 26 heavy (non-hydrogen) atoms. The molecule has 1 N–H and O–H groups in total. The van der Waals surface area contributed by atoms with Gasteiger partial charge in [-0.05, 0) is 55.0 Å². The van der Waals surface area contributed by atoms with Crippen LogP contribution in [0.25, 0.3) is 10.2 Å². The summed E-state index contributed by atoms with van der Waals surface area (Å²) in [5, 5.41) is 1.84. The first-order valence-corrected chi connectivity index (χ1v) is 10.7. The molecule has 0 unspecified atom stereocenters. The van der Waals surface area contributed by atoms with Crippen LogP contribution in [0.15, 0.2) is 34.2 Å². The normalized spacial score (nSPS) is 16.6. The largest absolute Gasteiger partial charge is 0.301 e. The van der Waals surface area contributed by atoms with E-state index in [2.05, 4.69) is 16.9 Å². The van der Waals surface area contributed by atoms with Crippen LogP contribution >= 0.6 is 34.7 Å². The van der Waals surface area contributed by atoms with Gasteiger partial charge in [-0.1, -0.05) is 30.3 Å². The average Bonchev–Trinajstić information content (AvgIpc) is 2.98. The molecule has 0 aliphatic heterocycles. The Kier molecular flexibility index (Phi) is 4.90. The predicted octanol–water partition coefficient (Wildman–Crippen LogP) is 4.74. The average molecular weight is 405 g/mol. The molecule has 7 heteroatoms. The number of carbonyl (C=O) groups excluding carboxylic acids is 1. The zero-order valence-electron chi connectivity index (χ0n) is 14.2. The summed E-state index contributed by atoms with van der Waals surface area (Å²) in [5.74, 6) is 0.854. The van der Waals surface area contributed by atoms with Crippen LogP contribution in [-0.4, -0.2) is 21.5 Å². The van der Waals surface area contributed by atoms with E-state index in [9.17, 15) is 9.59 Å². The second kappa shape index (κ2) is 7.18. The maximum absolute atomic E-state index is 12.6. The van der Waals surface area contributed by atoms with E-state index >= 15 is 0 Å². The molecular weight excluding hydrogens is 388 g/mol. The summed E-state index contributed by atoms with van der Waals surface area (Å²) in [6.45, 7) is 2.24. The van der Waals surface area contributed by atoms with Crippen molar-refractivity contribution in [1.29, 1.82) is 0 Å². The molecule has 1 atom stereocenters. The number of H-pyrrole nitrogens is 1. The second-order valence-corrected chi connectivity index (χ2v) is 9.11. The maximum atomic E-state index is 12.6. The van der Waals surface area contributed by atoms with Gasteiger partial charge in [0.1, 0.15) is 4.83 Å². The number of halogens is 1. The van der Waals surface area contributed by atoms with Gasteiger partial charge < -0.3 is 4.98 Å². The number of fused-ring (bicyclic) bond motifs is 3. The molecule has 0 saturated carbocycles. The van der Waals surface area contributed by atoms with Crippen LogP contribution in [0.4, 0.5) is 0 Å². The van der Waals surface area contributed by atoms with Gasteiger partial charge >= 0.3 is 0 Å². The number of carbonyl (C=O) groups is 1. The number of aryl methyl sites for hydroxylation is 1. The van der Waals surface area contributed by atoms with Crippen LogP contribution in [0.5, 0.6) is 0 Å². The fourth-order valence-corrected chi connectivity index (χ4v) is 5.57. The Bertz CT molecular complexity index is 1040. The minimum Gasteiger partial charge on any atom is -0.301 e. The molecule has 4 rings (SSSR count). The maximum Gasteiger partial charge on any atom is 0.260 e. The van der Waals surface area contributed by atoms with Crippen molar-refractivity contribution >= 4 is 50.7 Å². The summed E-state index contributed by atoms with van der Waals surface area (Å²) in [6, 6.07) is 6.81. The van der Waals surface area contributed by atoms with Crippen molar-refractivity contribution < 1.29 is 4.79 Å². The van der Waals surface area contributed by atoms with Gasteiger partial charge in [-0.2, -0.15) is 0 Å². The van der Waals surface area contributed by atoms with E-state index < -0.39 is 0 Å². The van der Waals surface area contributed by atoms with Crippen molar-refractivity contribution in [3.8, 4) is 0 Å². The molecular formula is C19H17ClN2O2S2. The van der Waals surface area contributed by atoms with Gasteiger partial charge in [0.25, 0.3) is 5.56 Å². The van der Waals surface area contributed by atoms with Gasteiger partial charge in [0, 0.05) is 15.5 Å². The lowest BCUT2D eigenvalue weighted by Crippen LogP contribution is -2.13. The number of thioether (sulfide) groups is 1. The Morgan fingerprint density at radius 3 is 2.92 bits per heavy atom. The van der Waals surface area contributed by atoms with Crippen LogP contribution in [0.1, 0.15) is 34.1 Å². The number of nitrogens with one attached hydrogen (secondary N) is 1. The van der Waals surface area contributed by atoms with Crippen molar-refractivity contribution in [2.24, 2.45) is 5.92 Å². The predicted molar refractivity (Wildman–Crippen MR) is 108 cm³/mol. The first kappa shape index (κ1) is 17.8.